The Hall–Kier alpha value is -0.780. The van der Waals surface area contributed by atoms with E-state index in [0.717, 1.165) is 30.2 Å². The molecule has 96 valence electrons. The number of thioether (sulfide) groups is 1. The van der Waals surface area contributed by atoms with Gasteiger partial charge in [0.25, 0.3) is 0 Å². The Bertz CT molecular complexity index is 535. The molecule has 0 saturated carbocycles. The lowest BCUT2D eigenvalue weighted by molar-refractivity contribution is 0.120. The van der Waals surface area contributed by atoms with E-state index in [1.807, 2.05) is 0 Å². The summed E-state index contributed by atoms with van der Waals surface area (Å²) in [6.45, 7) is 1.78. The second kappa shape index (κ2) is 5.47. The molecule has 1 aromatic heterocycles. The molecule has 1 atom stereocenters. The lowest BCUT2D eigenvalue weighted by atomic mass is 10.2. The van der Waals surface area contributed by atoms with Crippen LogP contribution in [0.3, 0.4) is 0 Å². The highest BCUT2D eigenvalue weighted by molar-refractivity contribution is 7.98. The molecule has 0 spiro atoms. The maximum atomic E-state index is 5.60. The first-order valence-electron chi connectivity index (χ1n) is 6.16. The van der Waals surface area contributed by atoms with Crippen LogP contribution in [-0.4, -0.2) is 30.5 Å². The minimum Gasteiger partial charge on any atom is -0.376 e. The van der Waals surface area contributed by atoms with Gasteiger partial charge in [0.1, 0.15) is 0 Å². The normalized spacial score (nSPS) is 19.5. The zero-order chi connectivity index (χ0) is 12.4. The fourth-order valence-electron chi connectivity index (χ4n) is 2.17. The van der Waals surface area contributed by atoms with Gasteiger partial charge < -0.3 is 10.1 Å². The second-order valence-electron chi connectivity index (χ2n) is 4.34. The Balaban J connectivity index is 1.76. The summed E-state index contributed by atoms with van der Waals surface area (Å²) in [6, 6.07) is 6.34. The van der Waals surface area contributed by atoms with Crippen molar-refractivity contribution in [2.45, 2.75) is 23.8 Å². The number of para-hydroxylation sites is 1. The Kier molecular flexibility index (Phi) is 3.72. The monoisotopic (exact) mass is 280 g/mol. The average Bonchev–Trinajstić information content (AvgIpc) is 3.04. The summed E-state index contributed by atoms with van der Waals surface area (Å²) < 4.78 is 6.85. The summed E-state index contributed by atoms with van der Waals surface area (Å²) in [4.78, 5) is 5.92. The first-order chi connectivity index (χ1) is 8.86. The predicted octanol–water partition coefficient (Wildman–Crippen LogP) is 3.61. The number of anilines is 1. The van der Waals surface area contributed by atoms with Crippen LogP contribution in [0.15, 0.2) is 23.1 Å². The summed E-state index contributed by atoms with van der Waals surface area (Å²) in [7, 11) is 0. The van der Waals surface area contributed by atoms with Gasteiger partial charge in [-0.15, -0.1) is 11.8 Å². The van der Waals surface area contributed by atoms with Gasteiger partial charge in [0.2, 0.25) is 0 Å². The highest BCUT2D eigenvalue weighted by Gasteiger charge is 2.16. The molecule has 1 fully saturated rings. The molecule has 0 bridgehead atoms. The Morgan fingerprint density at radius 3 is 3.28 bits per heavy atom. The molecule has 1 N–H and O–H groups in total. The van der Waals surface area contributed by atoms with Crippen molar-refractivity contribution >= 4 is 38.4 Å². The summed E-state index contributed by atoms with van der Waals surface area (Å²) in [5, 5.41) is 4.40. The molecule has 1 aliphatic rings. The minimum absolute atomic E-state index is 0.358. The Morgan fingerprint density at radius 1 is 1.56 bits per heavy atom. The molecule has 18 heavy (non-hydrogen) atoms. The molecule has 1 unspecified atom stereocenters. The first kappa shape index (κ1) is 12.3. The molecular formula is C13H16N2OS2. The molecule has 0 radical (unpaired) electrons. The van der Waals surface area contributed by atoms with Crippen LogP contribution in [0.4, 0.5) is 5.13 Å². The molecule has 0 amide bonds. The fourth-order valence-corrected chi connectivity index (χ4v) is 3.70. The molecule has 2 heterocycles. The van der Waals surface area contributed by atoms with Crippen LogP contribution in [0.2, 0.25) is 0 Å². The number of ether oxygens (including phenoxy) is 1. The van der Waals surface area contributed by atoms with E-state index in [4.69, 9.17) is 4.74 Å². The van der Waals surface area contributed by atoms with Crippen LogP contribution >= 0.6 is 23.1 Å². The van der Waals surface area contributed by atoms with Crippen molar-refractivity contribution < 1.29 is 4.74 Å². The highest BCUT2D eigenvalue weighted by Crippen LogP contribution is 2.32. The van der Waals surface area contributed by atoms with Crippen LogP contribution < -0.4 is 5.32 Å². The third-order valence-corrected chi connectivity index (χ3v) is 4.85. The minimum atomic E-state index is 0.358. The van der Waals surface area contributed by atoms with Crippen LogP contribution in [-0.2, 0) is 4.74 Å². The summed E-state index contributed by atoms with van der Waals surface area (Å²) in [5.74, 6) is 0. The average molecular weight is 280 g/mol. The number of hydrogen-bond donors (Lipinski definition) is 1. The number of benzene rings is 1. The van der Waals surface area contributed by atoms with Gasteiger partial charge in [-0.25, -0.2) is 4.98 Å². The van der Waals surface area contributed by atoms with Gasteiger partial charge in [-0.2, -0.15) is 0 Å². The molecule has 3 rings (SSSR count). The smallest absolute Gasteiger partial charge is 0.183 e. The molecule has 1 saturated heterocycles. The largest absolute Gasteiger partial charge is 0.376 e. The standard InChI is InChI=1S/C13H16N2OS2/c1-17-10-5-2-6-11-12(10)15-13(18-11)14-8-9-4-3-7-16-9/h2,5-6,9H,3-4,7-8H2,1H3,(H,14,15). The predicted molar refractivity (Wildman–Crippen MR) is 78.9 cm³/mol. The topological polar surface area (TPSA) is 34.1 Å². The van der Waals surface area contributed by atoms with Crippen LogP contribution in [0.5, 0.6) is 0 Å². The first-order valence-corrected chi connectivity index (χ1v) is 8.20. The van der Waals surface area contributed by atoms with Crippen LogP contribution in [0.1, 0.15) is 12.8 Å². The molecule has 0 aliphatic carbocycles. The maximum Gasteiger partial charge on any atom is 0.183 e. The van der Waals surface area contributed by atoms with E-state index >= 15 is 0 Å². The van der Waals surface area contributed by atoms with Gasteiger partial charge in [0, 0.05) is 18.0 Å². The van der Waals surface area contributed by atoms with Gasteiger partial charge >= 0.3 is 0 Å². The van der Waals surface area contributed by atoms with Crippen molar-refractivity contribution in [1.82, 2.24) is 4.98 Å². The molecule has 2 aromatic rings. The number of rotatable bonds is 4. The molecule has 5 heteroatoms. The van der Waals surface area contributed by atoms with Gasteiger partial charge in [-0.1, -0.05) is 17.4 Å². The third-order valence-electron chi connectivity index (χ3n) is 3.11. The van der Waals surface area contributed by atoms with Crippen molar-refractivity contribution in [1.29, 1.82) is 0 Å². The summed E-state index contributed by atoms with van der Waals surface area (Å²) in [5.41, 5.74) is 1.12. The summed E-state index contributed by atoms with van der Waals surface area (Å²) in [6.07, 6.45) is 4.79. The van der Waals surface area contributed by atoms with E-state index in [2.05, 4.69) is 34.8 Å². The van der Waals surface area contributed by atoms with Crippen LogP contribution in [0.25, 0.3) is 10.2 Å². The Morgan fingerprint density at radius 2 is 2.50 bits per heavy atom. The lowest BCUT2D eigenvalue weighted by Gasteiger charge is -2.08. The van der Waals surface area contributed by atoms with Crippen molar-refractivity contribution in [2.75, 3.05) is 24.7 Å². The summed E-state index contributed by atoms with van der Waals surface area (Å²) >= 11 is 3.47. The van der Waals surface area contributed by atoms with Crippen molar-refractivity contribution in [3.63, 3.8) is 0 Å². The van der Waals surface area contributed by atoms with E-state index < -0.39 is 0 Å². The van der Waals surface area contributed by atoms with Crippen molar-refractivity contribution in [2.24, 2.45) is 0 Å². The second-order valence-corrected chi connectivity index (χ2v) is 6.22. The fraction of sp³-hybridized carbons (Fsp3) is 0.462. The van der Waals surface area contributed by atoms with Gasteiger partial charge in [-0.3, -0.25) is 0 Å². The molecule has 1 aliphatic heterocycles. The maximum absolute atomic E-state index is 5.60. The number of aromatic nitrogens is 1. The number of thiazole rings is 1. The van der Waals surface area contributed by atoms with E-state index in [1.54, 1.807) is 23.1 Å². The zero-order valence-electron chi connectivity index (χ0n) is 10.3. The lowest BCUT2D eigenvalue weighted by Crippen LogP contribution is -2.18. The van der Waals surface area contributed by atoms with Gasteiger partial charge in [0.05, 0.1) is 16.3 Å². The van der Waals surface area contributed by atoms with E-state index in [9.17, 15) is 0 Å². The zero-order valence-corrected chi connectivity index (χ0v) is 11.9. The van der Waals surface area contributed by atoms with Crippen LogP contribution in [0, 0.1) is 0 Å². The SMILES string of the molecule is CSc1cccc2sc(NCC3CCCO3)nc12. The number of nitrogens with zero attached hydrogens (tertiary/aromatic N) is 1. The number of hydrogen-bond acceptors (Lipinski definition) is 5. The molecule has 1 aromatic carbocycles. The van der Waals surface area contributed by atoms with Crippen molar-refractivity contribution in [3.8, 4) is 0 Å². The number of fused-ring (bicyclic) bond motifs is 1. The molecular weight excluding hydrogens is 264 g/mol. The van der Waals surface area contributed by atoms with E-state index in [-0.39, 0.29) is 0 Å². The number of nitrogens with one attached hydrogen (secondary N) is 1. The molecule has 3 nitrogen and oxygen atoms in total. The highest BCUT2D eigenvalue weighted by atomic mass is 32.2. The van der Waals surface area contributed by atoms with Gasteiger partial charge in [-0.05, 0) is 31.2 Å². The Labute approximate surface area is 115 Å². The van der Waals surface area contributed by atoms with E-state index in [0.29, 0.717) is 6.10 Å². The third kappa shape index (κ3) is 2.48. The van der Waals surface area contributed by atoms with Crippen molar-refractivity contribution in [3.05, 3.63) is 18.2 Å². The van der Waals surface area contributed by atoms with E-state index in [1.165, 1.54) is 16.0 Å². The van der Waals surface area contributed by atoms with Gasteiger partial charge in [0.15, 0.2) is 5.13 Å². The quantitative estimate of drug-likeness (QED) is 0.868.